The van der Waals surface area contributed by atoms with Gasteiger partial charge in [-0.3, -0.25) is 4.90 Å². The van der Waals surface area contributed by atoms with Gasteiger partial charge in [0.1, 0.15) is 11.4 Å². The molecule has 2 aliphatic rings. The van der Waals surface area contributed by atoms with E-state index in [4.69, 9.17) is 15.6 Å². The highest BCUT2D eigenvalue weighted by molar-refractivity contribution is 5.90. The van der Waals surface area contributed by atoms with Gasteiger partial charge >= 0.3 is 12.2 Å². The van der Waals surface area contributed by atoms with Crippen molar-refractivity contribution in [3.8, 4) is 0 Å². The van der Waals surface area contributed by atoms with E-state index in [-0.39, 0.29) is 0 Å². The van der Waals surface area contributed by atoms with Crippen molar-refractivity contribution in [1.82, 2.24) is 9.88 Å². The number of aromatic nitrogens is 1. The average molecular weight is 306 g/mol. The zero-order valence-electron chi connectivity index (χ0n) is 12.1. The molecule has 1 atom stereocenters. The summed E-state index contributed by atoms with van der Waals surface area (Å²) in [5.41, 5.74) is 5.57. The first-order valence-corrected chi connectivity index (χ1v) is 7.19. The molecule has 2 aliphatic heterocycles. The van der Waals surface area contributed by atoms with Crippen LogP contribution in [0, 0.1) is 0 Å². The molecule has 8 heteroatoms. The predicted octanol–water partition coefficient (Wildman–Crippen LogP) is 1.52. The largest absolute Gasteiger partial charge is 0.465 e. The van der Waals surface area contributed by atoms with Gasteiger partial charge in [0.2, 0.25) is 0 Å². The van der Waals surface area contributed by atoms with Gasteiger partial charge in [0, 0.05) is 19.5 Å². The molecule has 1 unspecified atom stereocenters. The first kappa shape index (κ1) is 14.4. The van der Waals surface area contributed by atoms with Crippen LogP contribution in [-0.2, 0) is 4.74 Å². The number of hydrogen-bond acceptors (Lipinski definition) is 5. The smallest absolute Gasteiger partial charge is 0.415 e. The van der Waals surface area contributed by atoms with Crippen LogP contribution < -0.4 is 10.6 Å². The second-order valence-electron chi connectivity index (χ2n) is 5.70. The van der Waals surface area contributed by atoms with Gasteiger partial charge in [0.15, 0.2) is 0 Å². The van der Waals surface area contributed by atoms with Crippen LogP contribution in [-0.4, -0.2) is 52.4 Å². The second kappa shape index (κ2) is 5.36. The van der Waals surface area contributed by atoms with Crippen LogP contribution in [0.5, 0.6) is 0 Å². The lowest BCUT2D eigenvalue weighted by Crippen LogP contribution is -2.37. The van der Waals surface area contributed by atoms with Crippen LogP contribution in [0.15, 0.2) is 18.3 Å². The highest BCUT2D eigenvalue weighted by atomic mass is 16.6. The fraction of sp³-hybridized carbons (Fsp3) is 0.500. The van der Waals surface area contributed by atoms with Crippen molar-refractivity contribution in [3.63, 3.8) is 0 Å². The lowest BCUT2D eigenvalue weighted by atomic mass is 9.95. The topological polar surface area (TPSA) is 109 Å². The zero-order valence-corrected chi connectivity index (χ0v) is 12.1. The van der Waals surface area contributed by atoms with Crippen LogP contribution in [0.2, 0.25) is 0 Å². The van der Waals surface area contributed by atoms with Gasteiger partial charge in [0.25, 0.3) is 0 Å². The maximum Gasteiger partial charge on any atom is 0.415 e. The molecule has 0 saturated carbocycles. The van der Waals surface area contributed by atoms with E-state index in [1.54, 1.807) is 12.1 Å². The van der Waals surface area contributed by atoms with Crippen LogP contribution in [0.25, 0.3) is 0 Å². The number of amides is 2. The summed E-state index contributed by atoms with van der Waals surface area (Å²) in [5, 5.41) is 9.09. The number of hydrogen-bond donors (Lipinski definition) is 2. The molecule has 3 N–H and O–H groups in total. The third-order valence-corrected chi connectivity index (χ3v) is 4.22. The molecule has 0 aliphatic carbocycles. The van der Waals surface area contributed by atoms with E-state index in [0.29, 0.717) is 50.4 Å². The number of rotatable bonds is 1. The van der Waals surface area contributed by atoms with Gasteiger partial charge in [-0.1, -0.05) is 0 Å². The quantitative estimate of drug-likeness (QED) is 0.814. The summed E-state index contributed by atoms with van der Waals surface area (Å²) in [6.45, 7) is 1.25. The predicted molar refractivity (Wildman–Crippen MR) is 78.7 cm³/mol. The van der Waals surface area contributed by atoms with Crippen LogP contribution in [0.1, 0.15) is 19.3 Å². The summed E-state index contributed by atoms with van der Waals surface area (Å²) in [7, 11) is 0. The Labute approximate surface area is 127 Å². The standard InChI is InChI=1S/C14H18N4O4/c15-11-3-2-10(8-16-11)18-9-14(22-13(18)21)4-1-6-17(7-5-14)12(19)20/h2-3,8H,1,4-7,9H2,(H2,15,16)(H,19,20). The number of pyridine rings is 1. The molecular formula is C14H18N4O4. The molecule has 0 radical (unpaired) electrons. The van der Waals surface area contributed by atoms with Crippen molar-refractivity contribution in [3.05, 3.63) is 18.3 Å². The lowest BCUT2D eigenvalue weighted by molar-refractivity contribution is 0.0447. The summed E-state index contributed by atoms with van der Waals surface area (Å²) in [6.07, 6.45) is 2.02. The van der Waals surface area contributed by atoms with Crippen LogP contribution in [0.3, 0.4) is 0 Å². The summed E-state index contributed by atoms with van der Waals surface area (Å²) in [5.74, 6) is 0.387. The fourth-order valence-corrected chi connectivity index (χ4v) is 3.00. The molecule has 3 rings (SSSR count). The molecule has 3 heterocycles. The Morgan fingerprint density at radius 2 is 2.18 bits per heavy atom. The van der Waals surface area contributed by atoms with Gasteiger partial charge < -0.3 is 20.5 Å². The van der Waals surface area contributed by atoms with Crippen molar-refractivity contribution in [2.24, 2.45) is 0 Å². The molecular weight excluding hydrogens is 288 g/mol. The van der Waals surface area contributed by atoms with E-state index in [9.17, 15) is 9.59 Å². The van der Waals surface area contributed by atoms with E-state index in [2.05, 4.69) is 4.98 Å². The Morgan fingerprint density at radius 3 is 2.86 bits per heavy atom. The average Bonchev–Trinajstić information content (AvgIpc) is 2.67. The van der Waals surface area contributed by atoms with E-state index in [1.807, 2.05) is 0 Å². The summed E-state index contributed by atoms with van der Waals surface area (Å²) in [4.78, 5) is 30.1. The lowest BCUT2D eigenvalue weighted by Gasteiger charge is -2.25. The molecule has 2 saturated heterocycles. The van der Waals surface area contributed by atoms with E-state index < -0.39 is 17.8 Å². The maximum atomic E-state index is 12.2. The highest BCUT2D eigenvalue weighted by Gasteiger charge is 2.46. The van der Waals surface area contributed by atoms with Crippen molar-refractivity contribution >= 4 is 23.7 Å². The number of carbonyl (C=O) groups is 2. The minimum atomic E-state index is -0.930. The van der Waals surface area contributed by atoms with Gasteiger partial charge in [-0.05, 0) is 25.0 Å². The number of carbonyl (C=O) groups excluding carboxylic acids is 1. The highest BCUT2D eigenvalue weighted by Crippen LogP contribution is 2.35. The molecule has 2 fully saturated rings. The Hall–Kier alpha value is -2.51. The third kappa shape index (κ3) is 2.63. The number of nitrogens with zero attached hydrogens (tertiary/aromatic N) is 3. The molecule has 8 nitrogen and oxygen atoms in total. The van der Waals surface area contributed by atoms with Gasteiger partial charge in [-0.25, -0.2) is 14.6 Å². The van der Waals surface area contributed by atoms with Gasteiger partial charge in [0.05, 0.1) is 18.4 Å². The van der Waals surface area contributed by atoms with Crippen LogP contribution in [0.4, 0.5) is 21.1 Å². The van der Waals surface area contributed by atoms with Crippen molar-refractivity contribution < 1.29 is 19.4 Å². The third-order valence-electron chi connectivity index (χ3n) is 4.22. The molecule has 1 aromatic rings. The number of anilines is 2. The minimum Gasteiger partial charge on any atom is -0.465 e. The Bertz CT molecular complexity index is 591. The summed E-state index contributed by atoms with van der Waals surface area (Å²) in [6, 6.07) is 3.36. The normalized spacial score (nSPS) is 25.2. The first-order valence-electron chi connectivity index (χ1n) is 7.19. The van der Waals surface area contributed by atoms with E-state index in [0.717, 1.165) is 0 Å². The number of ether oxygens (including phenoxy) is 1. The number of nitrogens with two attached hydrogens (primary N) is 1. The van der Waals surface area contributed by atoms with E-state index in [1.165, 1.54) is 16.0 Å². The molecule has 0 aromatic carbocycles. The summed E-state index contributed by atoms with van der Waals surface area (Å²) >= 11 is 0. The van der Waals surface area contributed by atoms with Gasteiger partial charge in [-0.2, -0.15) is 0 Å². The second-order valence-corrected chi connectivity index (χ2v) is 5.70. The molecule has 1 spiro atoms. The SMILES string of the molecule is Nc1ccc(N2CC3(CCCN(C(=O)O)CC3)OC2=O)cn1. The van der Waals surface area contributed by atoms with E-state index >= 15 is 0 Å². The fourth-order valence-electron chi connectivity index (χ4n) is 3.00. The van der Waals surface area contributed by atoms with Crippen molar-refractivity contribution in [2.75, 3.05) is 30.3 Å². The number of likely N-dealkylation sites (tertiary alicyclic amines) is 1. The molecule has 1 aromatic heterocycles. The molecule has 118 valence electrons. The van der Waals surface area contributed by atoms with Gasteiger partial charge in [-0.15, -0.1) is 0 Å². The van der Waals surface area contributed by atoms with Crippen molar-refractivity contribution in [1.29, 1.82) is 0 Å². The molecule has 0 bridgehead atoms. The number of nitrogen functional groups attached to an aromatic ring is 1. The Morgan fingerprint density at radius 1 is 1.36 bits per heavy atom. The molecule has 2 amide bonds. The van der Waals surface area contributed by atoms with Crippen molar-refractivity contribution in [2.45, 2.75) is 24.9 Å². The maximum absolute atomic E-state index is 12.2. The monoisotopic (exact) mass is 306 g/mol. The number of carboxylic acid groups (broad SMARTS) is 1. The van der Waals surface area contributed by atoms with Crippen LogP contribution >= 0.6 is 0 Å². The Balaban J connectivity index is 1.76. The summed E-state index contributed by atoms with van der Waals surface area (Å²) < 4.78 is 5.60. The zero-order chi connectivity index (χ0) is 15.7. The molecule has 22 heavy (non-hydrogen) atoms. The Kier molecular flexibility index (Phi) is 3.51. The minimum absolute atomic E-state index is 0.371. The first-order chi connectivity index (χ1) is 10.5.